The number of benzene rings is 2. The Balaban J connectivity index is 1.51. The Morgan fingerprint density at radius 1 is 1.10 bits per heavy atom. The van der Waals surface area contributed by atoms with Gasteiger partial charge in [0.25, 0.3) is 5.91 Å². The summed E-state index contributed by atoms with van der Waals surface area (Å²) in [5, 5.41) is 14.3. The molecular formula is C21H16BrN3O3S. The molecule has 0 aliphatic rings. The lowest BCUT2D eigenvalue weighted by Gasteiger charge is -2.10. The van der Waals surface area contributed by atoms with Crippen LogP contribution in [0.3, 0.4) is 0 Å². The molecule has 3 rings (SSSR count). The molecule has 3 aromatic rings. The molecule has 0 aliphatic carbocycles. The number of nitriles is 1. The quantitative estimate of drug-likeness (QED) is 0.538. The van der Waals surface area contributed by atoms with Gasteiger partial charge in [-0.2, -0.15) is 5.26 Å². The first-order valence-electron chi connectivity index (χ1n) is 8.59. The zero-order valence-electron chi connectivity index (χ0n) is 15.1. The zero-order valence-corrected chi connectivity index (χ0v) is 17.5. The number of carbonyl (C=O) groups is 2. The van der Waals surface area contributed by atoms with Crippen LogP contribution < -0.4 is 15.4 Å². The lowest BCUT2D eigenvalue weighted by molar-refractivity contribution is -0.115. The van der Waals surface area contributed by atoms with Crippen molar-refractivity contribution in [3.05, 3.63) is 80.5 Å². The largest absolute Gasteiger partial charge is 0.489 e. The molecule has 1 heterocycles. The second-order valence-corrected chi connectivity index (χ2v) is 8.43. The maximum Gasteiger partial charge on any atom is 0.261 e. The summed E-state index contributed by atoms with van der Waals surface area (Å²) >= 11 is 4.60. The number of nitrogens with zero attached hydrogens (tertiary/aromatic N) is 1. The van der Waals surface area contributed by atoms with Gasteiger partial charge >= 0.3 is 0 Å². The van der Waals surface area contributed by atoms with Crippen LogP contribution in [0.2, 0.25) is 0 Å². The fraction of sp³-hybridized carbons (Fsp3) is 0.0952. The number of rotatable bonds is 7. The van der Waals surface area contributed by atoms with Gasteiger partial charge in [0, 0.05) is 11.8 Å². The number of carbonyl (C=O) groups excluding carboxylic acids is 2. The van der Waals surface area contributed by atoms with Gasteiger partial charge in [0.2, 0.25) is 5.91 Å². The molecule has 146 valence electrons. The molecule has 6 nitrogen and oxygen atoms in total. The van der Waals surface area contributed by atoms with Gasteiger partial charge in [0.05, 0.1) is 26.8 Å². The van der Waals surface area contributed by atoms with Crippen LogP contribution in [0.1, 0.15) is 20.8 Å². The average Bonchev–Trinajstić information content (AvgIpc) is 3.17. The van der Waals surface area contributed by atoms with E-state index in [-0.39, 0.29) is 18.4 Å². The van der Waals surface area contributed by atoms with E-state index in [9.17, 15) is 9.59 Å². The highest BCUT2D eigenvalue weighted by atomic mass is 79.9. The van der Waals surface area contributed by atoms with Crippen LogP contribution >= 0.6 is 27.3 Å². The van der Waals surface area contributed by atoms with Gasteiger partial charge in [-0.3, -0.25) is 9.59 Å². The minimum absolute atomic E-state index is 0.139. The van der Waals surface area contributed by atoms with Crippen LogP contribution in [-0.2, 0) is 11.4 Å². The molecule has 29 heavy (non-hydrogen) atoms. The van der Waals surface area contributed by atoms with Crippen LogP contribution in [0.15, 0.2) is 64.5 Å². The molecule has 2 amide bonds. The summed E-state index contributed by atoms with van der Waals surface area (Å²) in [6, 6.07) is 19.7. The number of hydrogen-bond donors (Lipinski definition) is 2. The Kier molecular flexibility index (Phi) is 7.00. The SMILES string of the molecule is N#Cc1cccc(COc2cccc(NC(=O)CNC(=O)c3ccc(Br)s3)c2)c1. The van der Waals surface area contributed by atoms with Gasteiger partial charge in [-0.05, 0) is 57.9 Å². The molecule has 0 saturated carbocycles. The smallest absolute Gasteiger partial charge is 0.261 e. The number of thiophene rings is 1. The van der Waals surface area contributed by atoms with E-state index in [2.05, 4.69) is 32.6 Å². The molecule has 0 radical (unpaired) electrons. The maximum absolute atomic E-state index is 12.1. The van der Waals surface area contributed by atoms with Crippen molar-refractivity contribution < 1.29 is 14.3 Å². The number of halogens is 1. The third-order valence-electron chi connectivity index (χ3n) is 3.79. The molecule has 0 atom stereocenters. The zero-order chi connectivity index (χ0) is 20.6. The molecule has 0 spiro atoms. The van der Waals surface area contributed by atoms with E-state index in [0.717, 1.165) is 9.35 Å². The summed E-state index contributed by atoms with van der Waals surface area (Å²) in [5.74, 6) is -0.0574. The predicted octanol–water partition coefficient (Wildman–Crippen LogP) is 4.33. The van der Waals surface area contributed by atoms with E-state index in [1.54, 1.807) is 54.6 Å². The number of ether oxygens (including phenoxy) is 1. The second kappa shape index (κ2) is 9.87. The summed E-state index contributed by atoms with van der Waals surface area (Å²) in [5.41, 5.74) is 2.01. The van der Waals surface area contributed by atoms with E-state index in [4.69, 9.17) is 10.00 Å². The molecule has 2 aromatic carbocycles. The normalized spacial score (nSPS) is 10.1. The Labute approximate surface area is 180 Å². The third-order valence-corrected chi connectivity index (χ3v) is 5.41. The average molecular weight is 470 g/mol. The molecule has 8 heteroatoms. The van der Waals surface area contributed by atoms with Gasteiger partial charge in [0.15, 0.2) is 0 Å². The number of hydrogen-bond acceptors (Lipinski definition) is 5. The lowest BCUT2D eigenvalue weighted by Crippen LogP contribution is -2.32. The van der Waals surface area contributed by atoms with Crippen LogP contribution in [0.25, 0.3) is 0 Å². The summed E-state index contributed by atoms with van der Waals surface area (Å²) in [4.78, 5) is 24.6. The highest BCUT2D eigenvalue weighted by Gasteiger charge is 2.10. The topological polar surface area (TPSA) is 91.2 Å². The number of nitrogens with one attached hydrogen (secondary N) is 2. The van der Waals surface area contributed by atoms with Crippen LogP contribution in [0.5, 0.6) is 5.75 Å². The standard InChI is InChI=1S/C21H16BrN3O3S/c22-19-8-7-18(29-19)21(27)24-12-20(26)25-16-5-2-6-17(10-16)28-13-15-4-1-3-14(9-15)11-23/h1-10H,12-13H2,(H,24,27)(H,25,26). The van der Waals surface area contributed by atoms with E-state index in [1.165, 1.54) is 11.3 Å². The fourth-order valence-electron chi connectivity index (χ4n) is 2.45. The van der Waals surface area contributed by atoms with Crippen molar-refractivity contribution >= 4 is 44.8 Å². The van der Waals surface area contributed by atoms with Crippen molar-refractivity contribution in [3.63, 3.8) is 0 Å². The van der Waals surface area contributed by atoms with Crippen molar-refractivity contribution in [1.29, 1.82) is 5.26 Å². The molecule has 0 aliphatic heterocycles. The monoisotopic (exact) mass is 469 g/mol. The van der Waals surface area contributed by atoms with E-state index in [1.807, 2.05) is 6.07 Å². The summed E-state index contributed by atoms with van der Waals surface area (Å²) in [6.07, 6.45) is 0. The highest BCUT2D eigenvalue weighted by molar-refractivity contribution is 9.11. The van der Waals surface area contributed by atoms with Crippen molar-refractivity contribution in [2.45, 2.75) is 6.61 Å². The summed E-state index contributed by atoms with van der Waals surface area (Å²) in [7, 11) is 0. The van der Waals surface area contributed by atoms with Crippen LogP contribution in [0, 0.1) is 11.3 Å². The molecule has 0 saturated heterocycles. The predicted molar refractivity (Wildman–Crippen MR) is 115 cm³/mol. The van der Waals surface area contributed by atoms with Crippen molar-refractivity contribution in [3.8, 4) is 11.8 Å². The minimum Gasteiger partial charge on any atom is -0.489 e. The first-order chi connectivity index (χ1) is 14.0. The number of amides is 2. The third kappa shape index (κ3) is 6.17. The van der Waals surface area contributed by atoms with E-state index < -0.39 is 0 Å². The molecule has 0 fully saturated rings. The van der Waals surface area contributed by atoms with Gasteiger partial charge < -0.3 is 15.4 Å². The first kappa shape index (κ1) is 20.6. The molecule has 1 aromatic heterocycles. The Bertz CT molecular complexity index is 1070. The molecule has 2 N–H and O–H groups in total. The van der Waals surface area contributed by atoms with Gasteiger partial charge in [-0.1, -0.05) is 18.2 Å². The molecule has 0 unspecified atom stereocenters. The van der Waals surface area contributed by atoms with Crippen LogP contribution in [-0.4, -0.2) is 18.4 Å². The van der Waals surface area contributed by atoms with E-state index in [0.29, 0.717) is 28.5 Å². The Morgan fingerprint density at radius 3 is 2.69 bits per heavy atom. The fourth-order valence-corrected chi connectivity index (χ4v) is 3.75. The highest BCUT2D eigenvalue weighted by Crippen LogP contribution is 2.22. The van der Waals surface area contributed by atoms with Crippen molar-refractivity contribution in [2.24, 2.45) is 0 Å². The number of anilines is 1. The van der Waals surface area contributed by atoms with Gasteiger partial charge in [0.1, 0.15) is 12.4 Å². The van der Waals surface area contributed by atoms with Crippen LogP contribution in [0.4, 0.5) is 5.69 Å². The van der Waals surface area contributed by atoms with Crippen molar-refractivity contribution in [2.75, 3.05) is 11.9 Å². The maximum atomic E-state index is 12.1. The van der Waals surface area contributed by atoms with E-state index >= 15 is 0 Å². The molecular weight excluding hydrogens is 454 g/mol. The van der Waals surface area contributed by atoms with Gasteiger partial charge in [-0.15, -0.1) is 11.3 Å². The molecule has 0 bridgehead atoms. The summed E-state index contributed by atoms with van der Waals surface area (Å²) < 4.78 is 6.59. The van der Waals surface area contributed by atoms with Gasteiger partial charge in [-0.25, -0.2) is 0 Å². The second-order valence-electron chi connectivity index (χ2n) is 5.96. The minimum atomic E-state index is -0.340. The van der Waals surface area contributed by atoms with Crippen molar-refractivity contribution in [1.82, 2.24) is 5.32 Å². The summed E-state index contributed by atoms with van der Waals surface area (Å²) in [6.45, 7) is 0.166. The Hall–Kier alpha value is -3.15. The Morgan fingerprint density at radius 2 is 1.93 bits per heavy atom. The lowest BCUT2D eigenvalue weighted by atomic mass is 10.1. The first-order valence-corrected chi connectivity index (χ1v) is 10.2.